The lowest BCUT2D eigenvalue weighted by atomic mass is 9.94. The fraction of sp³-hybridized carbons (Fsp3) is 0.467. The second kappa shape index (κ2) is 5.97. The van der Waals surface area contributed by atoms with Crippen LogP contribution in [-0.4, -0.2) is 6.54 Å². The highest BCUT2D eigenvalue weighted by Gasteiger charge is 2.12. The van der Waals surface area contributed by atoms with Crippen LogP contribution in [0.3, 0.4) is 0 Å². The van der Waals surface area contributed by atoms with E-state index in [1.54, 1.807) is 12.1 Å². The molecule has 1 aliphatic rings. The van der Waals surface area contributed by atoms with Crippen molar-refractivity contribution in [2.24, 2.45) is 5.92 Å². The minimum atomic E-state index is -0.156. The lowest BCUT2D eigenvalue weighted by Crippen LogP contribution is -2.26. The predicted octanol–water partition coefficient (Wildman–Crippen LogP) is 3.83. The third-order valence-electron chi connectivity index (χ3n) is 3.44. The zero-order valence-corrected chi connectivity index (χ0v) is 10.3. The zero-order chi connectivity index (χ0) is 12.1. The fourth-order valence-electron chi connectivity index (χ4n) is 2.28. The number of nitrogens with one attached hydrogen (secondary N) is 1. The molecule has 0 heterocycles. The molecular weight excluding hydrogens is 213 g/mol. The van der Waals surface area contributed by atoms with Gasteiger partial charge in [-0.15, -0.1) is 0 Å². The Labute approximate surface area is 103 Å². The van der Waals surface area contributed by atoms with Gasteiger partial charge in [0, 0.05) is 6.04 Å². The van der Waals surface area contributed by atoms with E-state index in [0.717, 1.165) is 18.0 Å². The molecule has 92 valence electrons. The Morgan fingerprint density at radius 3 is 3.00 bits per heavy atom. The van der Waals surface area contributed by atoms with Crippen LogP contribution in [0.4, 0.5) is 4.39 Å². The summed E-state index contributed by atoms with van der Waals surface area (Å²) in [4.78, 5) is 0. The molecular formula is C15H20FN. The predicted molar refractivity (Wildman–Crippen MR) is 69.3 cm³/mol. The van der Waals surface area contributed by atoms with Crippen molar-refractivity contribution >= 4 is 0 Å². The Kier molecular flexibility index (Phi) is 4.32. The van der Waals surface area contributed by atoms with Crippen LogP contribution >= 0.6 is 0 Å². The van der Waals surface area contributed by atoms with E-state index in [0.29, 0.717) is 0 Å². The summed E-state index contributed by atoms with van der Waals surface area (Å²) in [5, 5.41) is 3.50. The standard InChI is InChI=1S/C15H20FN/c1-12(14-8-5-9-15(16)10-14)17-11-13-6-3-2-4-7-13/h2-3,5,8-10,12-13,17H,4,6-7,11H2,1H3/t12-,13?/m1/s1. The van der Waals surface area contributed by atoms with Crippen molar-refractivity contribution in [3.63, 3.8) is 0 Å². The van der Waals surface area contributed by atoms with Crippen LogP contribution in [0.15, 0.2) is 36.4 Å². The van der Waals surface area contributed by atoms with Crippen LogP contribution in [0, 0.1) is 11.7 Å². The van der Waals surface area contributed by atoms with Crippen molar-refractivity contribution in [3.8, 4) is 0 Å². The molecule has 1 aromatic rings. The van der Waals surface area contributed by atoms with Crippen molar-refractivity contribution in [1.82, 2.24) is 5.32 Å². The molecule has 0 spiro atoms. The van der Waals surface area contributed by atoms with Gasteiger partial charge in [-0.05, 0) is 56.3 Å². The quantitative estimate of drug-likeness (QED) is 0.779. The lowest BCUT2D eigenvalue weighted by Gasteiger charge is -2.21. The van der Waals surface area contributed by atoms with Gasteiger partial charge in [0.05, 0.1) is 0 Å². The van der Waals surface area contributed by atoms with Gasteiger partial charge in [0.2, 0.25) is 0 Å². The first-order valence-electron chi connectivity index (χ1n) is 6.39. The molecule has 0 saturated heterocycles. The number of rotatable bonds is 4. The molecule has 17 heavy (non-hydrogen) atoms. The molecule has 0 fully saturated rings. The summed E-state index contributed by atoms with van der Waals surface area (Å²) >= 11 is 0. The molecule has 2 heteroatoms. The largest absolute Gasteiger partial charge is 0.310 e. The normalized spacial score (nSPS) is 21.4. The average Bonchev–Trinajstić information content (AvgIpc) is 2.37. The molecule has 1 nitrogen and oxygen atoms in total. The number of hydrogen-bond acceptors (Lipinski definition) is 1. The summed E-state index contributed by atoms with van der Waals surface area (Å²) < 4.78 is 13.1. The molecule has 0 amide bonds. The van der Waals surface area contributed by atoms with E-state index in [-0.39, 0.29) is 11.9 Å². The van der Waals surface area contributed by atoms with Crippen molar-refractivity contribution in [2.75, 3.05) is 6.54 Å². The molecule has 0 aliphatic heterocycles. The van der Waals surface area contributed by atoms with E-state index < -0.39 is 0 Å². The third kappa shape index (κ3) is 3.67. The highest BCUT2D eigenvalue weighted by Crippen LogP contribution is 2.19. The molecule has 2 atom stereocenters. The van der Waals surface area contributed by atoms with Gasteiger partial charge in [-0.25, -0.2) is 4.39 Å². The Bertz CT molecular complexity index is 386. The first-order valence-corrected chi connectivity index (χ1v) is 6.39. The maximum absolute atomic E-state index is 13.1. The third-order valence-corrected chi connectivity index (χ3v) is 3.44. The lowest BCUT2D eigenvalue weighted by molar-refractivity contribution is 0.415. The summed E-state index contributed by atoms with van der Waals surface area (Å²) in [7, 11) is 0. The van der Waals surface area contributed by atoms with Gasteiger partial charge in [-0.1, -0.05) is 24.3 Å². The molecule has 0 saturated carbocycles. The van der Waals surface area contributed by atoms with Crippen LogP contribution in [0.5, 0.6) is 0 Å². The van der Waals surface area contributed by atoms with Gasteiger partial charge in [-0.2, -0.15) is 0 Å². The molecule has 1 aliphatic carbocycles. The Morgan fingerprint density at radius 2 is 2.29 bits per heavy atom. The molecule has 0 aromatic heterocycles. The second-order valence-electron chi connectivity index (χ2n) is 4.84. The van der Waals surface area contributed by atoms with Crippen molar-refractivity contribution in [2.45, 2.75) is 32.2 Å². The van der Waals surface area contributed by atoms with Crippen molar-refractivity contribution in [1.29, 1.82) is 0 Å². The van der Waals surface area contributed by atoms with E-state index in [1.165, 1.54) is 25.3 Å². The maximum atomic E-state index is 13.1. The highest BCUT2D eigenvalue weighted by molar-refractivity contribution is 5.19. The number of allylic oxidation sites excluding steroid dienone is 2. The Morgan fingerprint density at radius 1 is 1.41 bits per heavy atom. The summed E-state index contributed by atoms with van der Waals surface area (Å²) in [6.45, 7) is 3.11. The Balaban J connectivity index is 1.84. The summed E-state index contributed by atoms with van der Waals surface area (Å²) in [6, 6.07) is 7.06. The molecule has 0 bridgehead atoms. The van der Waals surface area contributed by atoms with Crippen LogP contribution in [0.2, 0.25) is 0 Å². The van der Waals surface area contributed by atoms with E-state index in [9.17, 15) is 4.39 Å². The van der Waals surface area contributed by atoms with Gasteiger partial charge in [0.1, 0.15) is 5.82 Å². The van der Waals surface area contributed by atoms with E-state index in [2.05, 4.69) is 24.4 Å². The van der Waals surface area contributed by atoms with Crippen LogP contribution in [0.1, 0.15) is 37.8 Å². The first kappa shape index (κ1) is 12.3. The fourth-order valence-corrected chi connectivity index (χ4v) is 2.28. The van der Waals surface area contributed by atoms with E-state index >= 15 is 0 Å². The van der Waals surface area contributed by atoms with Gasteiger partial charge in [-0.3, -0.25) is 0 Å². The average molecular weight is 233 g/mol. The minimum absolute atomic E-state index is 0.156. The molecule has 0 radical (unpaired) electrons. The monoisotopic (exact) mass is 233 g/mol. The molecule has 2 rings (SSSR count). The Hall–Kier alpha value is -1.15. The van der Waals surface area contributed by atoms with E-state index in [1.807, 2.05) is 6.07 Å². The van der Waals surface area contributed by atoms with Crippen molar-refractivity contribution < 1.29 is 4.39 Å². The van der Waals surface area contributed by atoms with Crippen LogP contribution in [-0.2, 0) is 0 Å². The van der Waals surface area contributed by atoms with E-state index in [4.69, 9.17) is 0 Å². The smallest absolute Gasteiger partial charge is 0.123 e. The number of hydrogen-bond donors (Lipinski definition) is 1. The second-order valence-corrected chi connectivity index (χ2v) is 4.84. The highest BCUT2D eigenvalue weighted by atomic mass is 19.1. The molecule has 1 unspecified atom stereocenters. The number of benzene rings is 1. The number of halogens is 1. The minimum Gasteiger partial charge on any atom is -0.310 e. The summed E-state index contributed by atoms with van der Waals surface area (Å²) in [5.41, 5.74) is 1.02. The van der Waals surface area contributed by atoms with Crippen LogP contribution in [0.25, 0.3) is 0 Å². The molecule has 1 aromatic carbocycles. The summed E-state index contributed by atoms with van der Waals surface area (Å²) in [6.07, 6.45) is 8.15. The van der Waals surface area contributed by atoms with Gasteiger partial charge in [0.15, 0.2) is 0 Å². The van der Waals surface area contributed by atoms with Crippen LogP contribution < -0.4 is 5.32 Å². The first-order chi connectivity index (χ1) is 8.25. The van der Waals surface area contributed by atoms with Gasteiger partial charge in [0.25, 0.3) is 0 Å². The van der Waals surface area contributed by atoms with Gasteiger partial charge < -0.3 is 5.32 Å². The van der Waals surface area contributed by atoms with Crippen molar-refractivity contribution in [3.05, 3.63) is 47.8 Å². The zero-order valence-electron chi connectivity index (χ0n) is 10.3. The topological polar surface area (TPSA) is 12.0 Å². The SMILES string of the molecule is C[C@@H](NCC1CC=CCC1)c1cccc(F)c1. The maximum Gasteiger partial charge on any atom is 0.123 e. The summed E-state index contributed by atoms with van der Waals surface area (Å²) in [5.74, 6) is 0.577. The van der Waals surface area contributed by atoms with Gasteiger partial charge >= 0.3 is 0 Å². The molecule has 1 N–H and O–H groups in total.